The van der Waals surface area contributed by atoms with Crippen LogP contribution in [0.15, 0.2) is 46.0 Å². The Morgan fingerprint density at radius 2 is 1.16 bits per heavy atom. The average Bonchev–Trinajstić information content (AvgIpc) is 3.54. The van der Waals surface area contributed by atoms with Gasteiger partial charge in [0.1, 0.15) is 11.5 Å². The number of imidazole rings is 2. The van der Waals surface area contributed by atoms with Gasteiger partial charge in [-0.2, -0.15) is 0 Å². The van der Waals surface area contributed by atoms with Crippen LogP contribution < -0.4 is 20.9 Å². The minimum atomic E-state index is -1.00. The van der Waals surface area contributed by atoms with Crippen molar-refractivity contribution in [2.45, 2.75) is 64.5 Å². The summed E-state index contributed by atoms with van der Waals surface area (Å²) in [6, 6.07) is 11.3. The number of methoxy groups -OCH3 is 2. The molecule has 280 valence electrons. The molecular weight excluding hydrogens is 661 g/mol. The molecule has 0 bridgehead atoms. The molecule has 2 heterocycles. The first-order valence-electron chi connectivity index (χ1n) is 18.0. The van der Waals surface area contributed by atoms with E-state index in [-0.39, 0.29) is 29.1 Å². The summed E-state index contributed by atoms with van der Waals surface area (Å²) in [5.41, 5.74) is 3.52. The van der Waals surface area contributed by atoms with Crippen molar-refractivity contribution in [2.24, 2.45) is 37.8 Å². The number of carbonyl (C=O) groups excluding carboxylic acids is 1. The van der Waals surface area contributed by atoms with Crippen LogP contribution in [0, 0.1) is 23.7 Å². The monoisotopic (exact) mass is 714 g/mol. The molecule has 1 N–H and O–H groups in total. The lowest BCUT2D eigenvalue weighted by Gasteiger charge is -2.29. The van der Waals surface area contributed by atoms with Gasteiger partial charge in [0.2, 0.25) is 5.91 Å². The Balaban J connectivity index is 0.000000218. The van der Waals surface area contributed by atoms with Crippen LogP contribution in [-0.2, 0) is 41.6 Å². The maximum atomic E-state index is 12.7. The number of carbonyl (C=O) groups is 2. The fourth-order valence-corrected chi connectivity index (χ4v) is 7.43. The first-order chi connectivity index (χ1) is 24.9. The van der Waals surface area contributed by atoms with E-state index < -0.39 is 13.1 Å². The summed E-state index contributed by atoms with van der Waals surface area (Å²) >= 11 is 0. The minimum absolute atomic E-state index is 0.00873. The maximum Gasteiger partial charge on any atom is 0.328 e. The Morgan fingerprint density at radius 3 is 1.51 bits per heavy atom. The van der Waals surface area contributed by atoms with Gasteiger partial charge in [0.05, 0.1) is 57.8 Å². The van der Waals surface area contributed by atoms with E-state index in [1.165, 1.54) is 12.2 Å². The number of amides is 1. The van der Waals surface area contributed by atoms with Gasteiger partial charge in [-0.1, -0.05) is 0 Å². The number of ether oxygens (including phenoxy) is 2. The van der Waals surface area contributed by atoms with Crippen LogP contribution in [0.1, 0.15) is 52.7 Å². The van der Waals surface area contributed by atoms with E-state index in [9.17, 15) is 23.6 Å². The smallest absolute Gasteiger partial charge is 0.328 e. The molecule has 0 aliphatic heterocycles. The number of halogens is 1. The summed E-state index contributed by atoms with van der Waals surface area (Å²) in [4.78, 5) is 53.5. The lowest BCUT2D eigenvalue weighted by molar-refractivity contribution is -0.174. The molecule has 0 unspecified atom stereocenters. The molecule has 2 aromatic carbocycles. The summed E-state index contributed by atoms with van der Waals surface area (Å²) in [5, 5.41) is 10.4. The molecule has 2 fully saturated rings. The highest BCUT2D eigenvalue weighted by Crippen LogP contribution is 2.33. The van der Waals surface area contributed by atoms with E-state index in [2.05, 4.69) is 0 Å². The number of carboxylic acids is 1. The molecule has 14 heteroatoms. The zero-order chi connectivity index (χ0) is 38.1. The van der Waals surface area contributed by atoms with E-state index in [1.54, 1.807) is 49.1 Å². The molecule has 4 aromatic rings. The molecule has 2 aliphatic carbocycles. The molecule has 2 saturated carbocycles. The fourth-order valence-electron chi connectivity index (χ4n) is 7.43. The van der Waals surface area contributed by atoms with Gasteiger partial charge in [-0.05, 0) is 87.5 Å². The number of hydroxylamine groups is 2. The molecule has 0 atom stereocenters. The second-order valence-corrected chi connectivity index (χ2v) is 13.4. The molecule has 6 rings (SSSR count). The number of aromatic nitrogens is 4. The number of hydrogen-bond donors (Lipinski definition) is 1. The van der Waals surface area contributed by atoms with E-state index in [4.69, 9.17) is 20.8 Å². The van der Waals surface area contributed by atoms with Gasteiger partial charge in [-0.25, -0.2) is 14.7 Å². The second kappa shape index (κ2) is 17.6. The van der Waals surface area contributed by atoms with Gasteiger partial charge in [-0.15, -0.1) is 0 Å². The molecule has 51 heavy (non-hydrogen) atoms. The quantitative estimate of drug-likeness (QED) is 0.239. The van der Waals surface area contributed by atoms with Crippen LogP contribution >= 0.6 is 0 Å². The van der Waals surface area contributed by atoms with E-state index in [0.717, 1.165) is 72.1 Å². The van der Waals surface area contributed by atoms with Crippen molar-refractivity contribution in [3.8, 4) is 11.5 Å². The van der Waals surface area contributed by atoms with Crippen molar-refractivity contribution in [3.63, 3.8) is 0 Å². The summed E-state index contributed by atoms with van der Waals surface area (Å²) in [5.74, 6) is 1.34. The Labute approximate surface area is 298 Å². The SMILES string of the molecule is COc1ccc2c(c1)n(CC1CCC(C(=O)N(C)OC)CC1)c(=O)n2C.COc1ccc2c(c1)n(CC1CCC(C(=O)O)CC1)c(=O)n2C.[2H]CF. The van der Waals surface area contributed by atoms with Gasteiger partial charge >= 0.3 is 17.3 Å². The highest BCUT2D eigenvalue weighted by Gasteiger charge is 2.30. The molecular formula is C37H52FN5O8. The highest BCUT2D eigenvalue weighted by atomic mass is 19.1. The van der Waals surface area contributed by atoms with Gasteiger partial charge in [0.15, 0.2) is 0 Å². The van der Waals surface area contributed by atoms with Crippen LogP contribution in [-0.4, -0.2) is 75.8 Å². The van der Waals surface area contributed by atoms with Crippen LogP contribution in [0.5, 0.6) is 11.5 Å². The number of carboxylic acid groups (broad SMARTS) is 1. The van der Waals surface area contributed by atoms with Crippen molar-refractivity contribution in [2.75, 3.05) is 35.5 Å². The second-order valence-electron chi connectivity index (χ2n) is 13.4. The zero-order valence-corrected chi connectivity index (χ0v) is 30.5. The van der Waals surface area contributed by atoms with E-state index >= 15 is 0 Å². The Hall–Kier alpha value is -4.59. The number of fused-ring (bicyclic) bond motifs is 2. The van der Waals surface area contributed by atoms with Crippen LogP contribution in [0.2, 0.25) is 0 Å². The molecule has 2 aromatic heterocycles. The summed E-state index contributed by atoms with van der Waals surface area (Å²) in [6.45, 7) is 1.31. The number of benzene rings is 2. The molecule has 13 nitrogen and oxygen atoms in total. The Bertz CT molecular complexity index is 1940. The van der Waals surface area contributed by atoms with Crippen LogP contribution in [0.4, 0.5) is 4.39 Å². The summed E-state index contributed by atoms with van der Waals surface area (Å²) in [7, 11) is 8.96. The lowest BCUT2D eigenvalue weighted by Crippen LogP contribution is -2.35. The van der Waals surface area contributed by atoms with Crippen molar-refractivity contribution in [1.82, 2.24) is 23.3 Å². The first-order valence-corrected chi connectivity index (χ1v) is 17.2. The zero-order valence-electron chi connectivity index (χ0n) is 31.5. The van der Waals surface area contributed by atoms with Crippen molar-refractivity contribution in [1.29, 1.82) is 0 Å². The van der Waals surface area contributed by atoms with Gasteiger partial charge in [0, 0.05) is 52.3 Å². The summed E-state index contributed by atoms with van der Waals surface area (Å²) in [6.07, 6.45) is 6.63. The third kappa shape index (κ3) is 8.66. The largest absolute Gasteiger partial charge is 0.497 e. The van der Waals surface area contributed by atoms with Crippen LogP contribution in [0.3, 0.4) is 0 Å². The summed E-state index contributed by atoms with van der Waals surface area (Å²) < 4.78 is 33.0. The van der Waals surface area contributed by atoms with Crippen LogP contribution in [0.25, 0.3) is 22.1 Å². The molecule has 2 aliphatic rings. The Morgan fingerprint density at radius 1 is 0.765 bits per heavy atom. The third-order valence-corrected chi connectivity index (χ3v) is 10.6. The number of rotatable bonds is 9. The van der Waals surface area contributed by atoms with Gasteiger partial charge < -0.3 is 14.6 Å². The number of nitrogens with zero attached hydrogens (tertiary/aromatic N) is 5. The predicted octanol–water partition coefficient (Wildman–Crippen LogP) is 5.00. The standard InChI is InChI=1S/C19H27N3O4.C17H22N2O4.CH3F/c1-20-16-10-9-15(25-3)11-17(16)22(19(20)24)12-13-5-7-14(8-6-13)18(23)21(2)26-4;1-18-14-8-7-13(23-2)9-15(14)19(17(18)22)10-11-3-5-12(6-4-11)16(20)21;1-2/h9-11,13-14H,5-8,12H2,1-4H3;7-9,11-12H,3-6,10H2,1-2H3,(H,20,21);1H3/i;;1D. The molecule has 0 saturated heterocycles. The number of hydrogen-bond acceptors (Lipinski definition) is 7. The molecule has 1 amide bonds. The molecule has 0 spiro atoms. The number of aliphatic carboxylic acids is 1. The fraction of sp³-hybridized carbons (Fsp3) is 0.568. The maximum absolute atomic E-state index is 12.7. The number of aryl methyl sites for hydroxylation is 2. The Kier molecular flexibility index (Phi) is 13.0. The lowest BCUT2D eigenvalue weighted by atomic mass is 9.81. The number of alkyl halides is 1. The van der Waals surface area contributed by atoms with Crippen molar-refractivity contribution < 1.29 is 34.8 Å². The first kappa shape index (κ1) is 37.7. The van der Waals surface area contributed by atoms with Crippen molar-refractivity contribution >= 4 is 33.9 Å². The normalized spacial score (nSPS) is 20.4. The van der Waals surface area contributed by atoms with E-state index in [0.29, 0.717) is 37.8 Å². The molecule has 0 radical (unpaired) electrons. The average molecular weight is 715 g/mol. The highest BCUT2D eigenvalue weighted by molar-refractivity contribution is 5.79. The van der Waals surface area contributed by atoms with Crippen molar-refractivity contribution in [3.05, 3.63) is 57.4 Å². The minimum Gasteiger partial charge on any atom is -0.497 e. The van der Waals surface area contributed by atoms with Gasteiger partial charge in [0.25, 0.3) is 0 Å². The van der Waals surface area contributed by atoms with Gasteiger partial charge in [-0.3, -0.25) is 37.1 Å². The topological polar surface area (TPSA) is 139 Å². The third-order valence-electron chi connectivity index (χ3n) is 10.6. The van der Waals surface area contributed by atoms with E-state index in [1.807, 2.05) is 41.0 Å². The predicted molar refractivity (Wildman–Crippen MR) is 193 cm³/mol.